The third-order valence-electron chi connectivity index (χ3n) is 7.14. The fraction of sp³-hybridized carbons (Fsp3) is 0.542. The van der Waals surface area contributed by atoms with Crippen molar-refractivity contribution in [3.63, 3.8) is 0 Å². The molecule has 1 aliphatic heterocycles. The van der Waals surface area contributed by atoms with E-state index in [-0.39, 0.29) is 5.41 Å². The molecule has 2 aliphatic rings. The van der Waals surface area contributed by atoms with Gasteiger partial charge in [0.15, 0.2) is 0 Å². The zero-order valence-corrected chi connectivity index (χ0v) is 19.4. The van der Waals surface area contributed by atoms with Crippen LogP contribution in [0.2, 0.25) is 0 Å². The van der Waals surface area contributed by atoms with Crippen LogP contribution in [-0.4, -0.2) is 53.3 Å². The largest absolute Gasteiger partial charge is 0.465 e. The summed E-state index contributed by atoms with van der Waals surface area (Å²) in [5, 5.41) is 22.5. The summed E-state index contributed by atoms with van der Waals surface area (Å²) < 4.78 is 7.46. The van der Waals surface area contributed by atoms with Crippen molar-refractivity contribution >= 4 is 6.09 Å². The number of rotatable bonds is 6. The Labute approximate surface area is 192 Å². The van der Waals surface area contributed by atoms with E-state index in [1.54, 1.807) is 4.90 Å². The number of benzene rings is 1. The number of carboxylic acid groups (broad SMARTS) is 1. The second kappa shape index (κ2) is 7.97. The highest BCUT2D eigenvalue weighted by atomic mass is 16.5. The third-order valence-corrected chi connectivity index (χ3v) is 7.14. The Hall–Kier alpha value is -3.23. The van der Waals surface area contributed by atoms with E-state index < -0.39 is 11.6 Å². The van der Waals surface area contributed by atoms with E-state index in [0.29, 0.717) is 37.1 Å². The average molecular weight is 451 g/mol. The maximum absolute atomic E-state index is 11.9. The van der Waals surface area contributed by atoms with E-state index in [0.717, 1.165) is 29.7 Å². The van der Waals surface area contributed by atoms with Crippen LogP contribution in [0.25, 0.3) is 11.4 Å². The summed E-state index contributed by atoms with van der Waals surface area (Å²) in [4.78, 5) is 18.1. The minimum Gasteiger partial charge on any atom is -0.465 e. The monoisotopic (exact) mass is 450 g/mol. The summed E-state index contributed by atoms with van der Waals surface area (Å²) in [5.74, 6) is 1.57. The standard InChI is InChI=1S/C24H30N6O3/c1-23(2,3)24(11-4-12-30(24)22(31)32)13-20-25-21(27-33-20)18-7-5-16(6-8-18)14-29-15-19(26-28-29)17-9-10-17/h5-8,15,17H,4,9-14H2,1-3H3,(H,31,32). The van der Waals surface area contributed by atoms with Crippen LogP contribution in [0, 0.1) is 5.41 Å². The molecule has 1 N–H and O–H groups in total. The molecule has 1 atom stereocenters. The minimum atomic E-state index is -0.894. The van der Waals surface area contributed by atoms with Gasteiger partial charge < -0.3 is 14.5 Å². The molecule has 9 heteroatoms. The minimum absolute atomic E-state index is 0.265. The molecule has 33 heavy (non-hydrogen) atoms. The molecule has 0 bridgehead atoms. The predicted molar refractivity (Wildman–Crippen MR) is 121 cm³/mol. The number of hydrogen-bond acceptors (Lipinski definition) is 6. The summed E-state index contributed by atoms with van der Waals surface area (Å²) in [6.45, 7) is 7.42. The maximum Gasteiger partial charge on any atom is 0.407 e. The van der Waals surface area contributed by atoms with E-state index in [4.69, 9.17) is 4.52 Å². The van der Waals surface area contributed by atoms with E-state index in [2.05, 4.69) is 41.2 Å². The molecule has 0 spiro atoms. The molecule has 1 unspecified atom stereocenters. The molecule has 1 amide bonds. The lowest BCUT2D eigenvalue weighted by Crippen LogP contribution is -2.56. The number of carbonyl (C=O) groups is 1. The molecule has 3 heterocycles. The van der Waals surface area contributed by atoms with Gasteiger partial charge in [-0.3, -0.25) is 0 Å². The summed E-state index contributed by atoms with van der Waals surface area (Å²) in [6.07, 6.45) is 5.58. The molecule has 0 radical (unpaired) electrons. The second-order valence-corrected chi connectivity index (χ2v) is 10.3. The SMILES string of the molecule is CC(C)(C)C1(Cc2nc(-c3ccc(Cn4cc(C5CC5)nn4)cc3)no2)CCCN1C(=O)O. The molecule has 9 nitrogen and oxygen atoms in total. The van der Waals surface area contributed by atoms with Crippen molar-refractivity contribution in [1.29, 1.82) is 0 Å². The predicted octanol–water partition coefficient (Wildman–Crippen LogP) is 4.36. The average Bonchev–Trinajstić information content (AvgIpc) is 3.14. The first-order valence-electron chi connectivity index (χ1n) is 11.6. The Bertz CT molecular complexity index is 1140. The van der Waals surface area contributed by atoms with Gasteiger partial charge in [-0.25, -0.2) is 9.48 Å². The van der Waals surface area contributed by atoms with Gasteiger partial charge in [-0.05, 0) is 36.7 Å². The Kier molecular flexibility index (Phi) is 5.22. The van der Waals surface area contributed by atoms with Crippen LogP contribution in [0.5, 0.6) is 0 Å². The lowest BCUT2D eigenvalue weighted by Gasteiger charge is -2.46. The highest BCUT2D eigenvalue weighted by Gasteiger charge is 2.52. The van der Waals surface area contributed by atoms with Crippen molar-refractivity contribution in [2.45, 2.75) is 70.9 Å². The maximum atomic E-state index is 11.9. The molecule has 174 valence electrons. The first kappa shape index (κ1) is 21.6. The Morgan fingerprint density at radius 3 is 2.67 bits per heavy atom. The van der Waals surface area contributed by atoms with E-state index >= 15 is 0 Å². The highest BCUT2D eigenvalue weighted by molar-refractivity contribution is 5.67. The molecule has 1 saturated carbocycles. The van der Waals surface area contributed by atoms with Crippen LogP contribution in [0.3, 0.4) is 0 Å². The molecule has 1 aliphatic carbocycles. The Balaban J connectivity index is 1.31. The molecule has 2 fully saturated rings. The van der Waals surface area contributed by atoms with Crippen molar-refractivity contribution < 1.29 is 14.4 Å². The van der Waals surface area contributed by atoms with Gasteiger partial charge >= 0.3 is 6.09 Å². The zero-order valence-electron chi connectivity index (χ0n) is 19.4. The van der Waals surface area contributed by atoms with Crippen LogP contribution in [0.4, 0.5) is 4.79 Å². The van der Waals surface area contributed by atoms with E-state index in [1.165, 1.54) is 12.8 Å². The molecule has 1 aromatic carbocycles. The summed E-state index contributed by atoms with van der Waals surface area (Å²) in [7, 11) is 0. The lowest BCUT2D eigenvalue weighted by molar-refractivity contribution is 0.0254. The van der Waals surface area contributed by atoms with Crippen LogP contribution < -0.4 is 0 Å². The van der Waals surface area contributed by atoms with Crippen molar-refractivity contribution in [3.8, 4) is 11.4 Å². The fourth-order valence-electron chi connectivity index (χ4n) is 4.98. The van der Waals surface area contributed by atoms with Gasteiger partial charge in [0.2, 0.25) is 11.7 Å². The fourth-order valence-corrected chi connectivity index (χ4v) is 4.98. The highest BCUT2D eigenvalue weighted by Crippen LogP contribution is 2.46. The van der Waals surface area contributed by atoms with Gasteiger partial charge in [-0.2, -0.15) is 4.98 Å². The lowest BCUT2D eigenvalue weighted by atomic mass is 9.70. The second-order valence-electron chi connectivity index (χ2n) is 10.3. The molecule has 2 aromatic heterocycles. The van der Waals surface area contributed by atoms with Crippen molar-refractivity contribution in [2.75, 3.05) is 6.54 Å². The zero-order chi connectivity index (χ0) is 23.2. The topological polar surface area (TPSA) is 110 Å². The summed E-state index contributed by atoms with van der Waals surface area (Å²) in [5.41, 5.74) is 2.23. The van der Waals surface area contributed by atoms with Crippen molar-refractivity contribution in [1.82, 2.24) is 30.0 Å². The van der Waals surface area contributed by atoms with Crippen molar-refractivity contribution in [3.05, 3.63) is 47.6 Å². The first-order valence-corrected chi connectivity index (χ1v) is 11.6. The smallest absolute Gasteiger partial charge is 0.407 e. The number of hydrogen-bond donors (Lipinski definition) is 1. The Morgan fingerprint density at radius 1 is 1.24 bits per heavy atom. The van der Waals surface area contributed by atoms with Gasteiger partial charge in [0.1, 0.15) is 0 Å². The molecular formula is C24H30N6O3. The number of nitrogens with zero attached hydrogens (tertiary/aromatic N) is 6. The molecular weight excluding hydrogens is 420 g/mol. The van der Waals surface area contributed by atoms with Gasteiger partial charge in [-0.15, -0.1) is 5.10 Å². The summed E-state index contributed by atoms with van der Waals surface area (Å²) in [6, 6.07) is 8.01. The van der Waals surface area contributed by atoms with Gasteiger partial charge in [-0.1, -0.05) is 55.4 Å². The molecule has 1 saturated heterocycles. The molecule has 5 rings (SSSR count). The third kappa shape index (κ3) is 4.12. The van der Waals surface area contributed by atoms with E-state index in [1.807, 2.05) is 35.1 Å². The Morgan fingerprint density at radius 2 is 2.00 bits per heavy atom. The number of amides is 1. The van der Waals surface area contributed by atoms with Gasteiger partial charge in [0.05, 0.1) is 24.2 Å². The normalized spacial score (nSPS) is 21.0. The molecule has 3 aromatic rings. The van der Waals surface area contributed by atoms with Crippen LogP contribution in [0.15, 0.2) is 35.0 Å². The summed E-state index contributed by atoms with van der Waals surface area (Å²) >= 11 is 0. The number of aromatic nitrogens is 5. The van der Waals surface area contributed by atoms with Crippen LogP contribution in [0.1, 0.15) is 69.5 Å². The number of likely N-dealkylation sites (tertiary alicyclic amines) is 1. The van der Waals surface area contributed by atoms with Gasteiger partial charge in [0.25, 0.3) is 0 Å². The van der Waals surface area contributed by atoms with E-state index in [9.17, 15) is 9.90 Å². The van der Waals surface area contributed by atoms with Gasteiger partial charge in [0, 0.05) is 24.2 Å². The van der Waals surface area contributed by atoms with Crippen LogP contribution >= 0.6 is 0 Å². The first-order chi connectivity index (χ1) is 15.7. The van der Waals surface area contributed by atoms with Crippen LogP contribution in [-0.2, 0) is 13.0 Å². The van der Waals surface area contributed by atoms with Crippen molar-refractivity contribution in [2.24, 2.45) is 5.41 Å². The quantitative estimate of drug-likeness (QED) is 0.594.